The summed E-state index contributed by atoms with van der Waals surface area (Å²) in [4.78, 5) is 12.1. The summed E-state index contributed by atoms with van der Waals surface area (Å²) in [5.74, 6) is 0.00451. The Morgan fingerprint density at radius 1 is 1.32 bits per heavy atom. The molecule has 7 nitrogen and oxygen atoms in total. The van der Waals surface area contributed by atoms with Crippen LogP contribution in [0.3, 0.4) is 0 Å². The van der Waals surface area contributed by atoms with Gasteiger partial charge in [0.25, 0.3) is 15.9 Å². The largest absolute Gasteiger partial charge is 0.465 e. The summed E-state index contributed by atoms with van der Waals surface area (Å²) in [6.45, 7) is 3.95. The number of hydrogen-bond acceptors (Lipinski definition) is 5. The molecule has 8 heteroatoms. The van der Waals surface area contributed by atoms with Gasteiger partial charge in [0.1, 0.15) is 16.4 Å². The van der Waals surface area contributed by atoms with Gasteiger partial charge in [0.15, 0.2) is 5.69 Å². The van der Waals surface area contributed by atoms with Crippen molar-refractivity contribution in [3.63, 3.8) is 0 Å². The van der Waals surface area contributed by atoms with E-state index in [1.165, 1.54) is 6.07 Å². The summed E-state index contributed by atoms with van der Waals surface area (Å²) in [6, 6.07) is 3.04. The van der Waals surface area contributed by atoms with E-state index < -0.39 is 15.9 Å². The highest BCUT2D eigenvalue weighted by Crippen LogP contribution is 2.20. The Hall–Kier alpha value is -2.09. The number of hydrogen-bond donors (Lipinski definition) is 1. The van der Waals surface area contributed by atoms with E-state index in [1.54, 1.807) is 24.6 Å². The highest BCUT2D eigenvalue weighted by molar-refractivity contribution is 7.90. The van der Waals surface area contributed by atoms with Crippen LogP contribution in [0.25, 0.3) is 0 Å². The molecule has 1 N–H and O–H groups in total. The number of furan rings is 1. The molecule has 2 aromatic rings. The van der Waals surface area contributed by atoms with Crippen molar-refractivity contribution in [1.29, 1.82) is 0 Å². The molecule has 3 rings (SSSR count). The topological polar surface area (TPSA) is 94.2 Å². The van der Waals surface area contributed by atoms with E-state index in [1.807, 2.05) is 4.72 Å². The van der Waals surface area contributed by atoms with Crippen LogP contribution in [0.2, 0.25) is 0 Å². The van der Waals surface area contributed by atoms with Gasteiger partial charge in [0.2, 0.25) is 0 Å². The van der Waals surface area contributed by atoms with Crippen molar-refractivity contribution in [3.8, 4) is 0 Å². The highest BCUT2D eigenvalue weighted by Gasteiger charge is 2.25. The van der Waals surface area contributed by atoms with Gasteiger partial charge in [-0.05, 0) is 39.2 Å². The van der Waals surface area contributed by atoms with E-state index in [2.05, 4.69) is 5.10 Å². The van der Waals surface area contributed by atoms with Crippen molar-refractivity contribution in [2.45, 2.75) is 44.6 Å². The Morgan fingerprint density at radius 3 is 2.73 bits per heavy atom. The van der Waals surface area contributed by atoms with Gasteiger partial charge >= 0.3 is 0 Å². The first-order chi connectivity index (χ1) is 10.4. The molecule has 22 heavy (non-hydrogen) atoms. The van der Waals surface area contributed by atoms with Crippen molar-refractivity contribution < 1.29 is 17.6 Å². The van der Waals surface area contributed by atoms with Crippen LogP contribution in [0, 0.1) is 13.8 Å². The number of nitrogens with one attached hydrogen (secondary N) is 1. The first kappa shape index (κ1) is 14.8. The van der Waals surface area contributed by atoms with Crippen LogP contribution < -0.4 is 4.72 Å². The van der Waals surface area contributed by atoms with Gasteiger partial charge < -0.3 is 4.42 Å². The van der Waals surface area contributed by atoms with E-state index in [9.17, 15) is 13.2 Å². The van der Waals surface area contributed by atoms with Gasteiger partial charge in [0, 0.05) is 18.3 Å². The van der Waals surface area contributed by atoms with Crippen molar-refractivity contribution >= 4 is 15.9 Å². The maximum Gasteiger partial charge on any atom is 0.285 e. The molecule has 0 aliphatic carbocycles. The molecule has 1 aliphatic heterocycles. The summed E-state index contributed by atoms with van der Waals surface area (Å²) in [5.41, 5.74) is 1.09. The smallest absolute Gasteiger partial charge is 0.285 e. The normalized spacial score (nSPS) is 14.6. The van der Waals surface area contributed by atoms with Crippen LogP contribution in [0.15, 0.2) is 21.4 Å². The Bertz CT molecular complexity index is 809. The Labute approximate surface area is 128 Å². The quantitative estimate of drug-likeness (QED) is 0.925. The number of fused-ring (bicyclic) bond motifs is 1. The molecule has 0 fully saturated rings. The first-order valence-corrected chi connectivity index (χ1v) is 8.56. The number of aromatic nitrogens is 2. The minimum absolute atomic E-state index is 0.0256. The molecule has 118 valence electrons. The number of carbonyl (C=O) groups is 1. The zero-order chi connectivity index (χ0) is 15.9. The third-order valence-electron chi connectivity index (χ3n) is 3.66. The first-order valence-electron chi connectivity index (χ1n) is 7.08. The molecule has 1 aliphatic rings. The lowest BCUT2D eigenvalue weighted by atomic mass is 10.1. The number of carbonyl (C=O) groups excluding carboxylic acids is 1. The summed E-state index contributed by atoms with van der Waals surface area (Å²) in [6.07, 6.45) is 2.92. The van der Waals surface area contributed by atoms with Crippen LogP contribution in [0.5, 0.6) is 0 Å². The Kier molecular flexibility index (Phi) is 3.56. The lowest BCUT2D eigenvalue weighted by Crippen LogP contribution is -2.31. The molecule has 0 saturated heterocycles. The van der Waals surface area contributed by atoms with Crippen molar-refractivity contribution in [3.05, 3.63) is 35.0 Å². The number of rotatable bonds is 3. The van der Waals surface area contributed by atoms with Gasteiger partial charge in [-0.3, -0.25) is 9.48 Å². The minimum atomic E-state index is -3.96. The van der Waals surface area contributed by atoms with Crippen LogP contribution in [0.4, 0.5) is 0 Å². The molecule has 0 atom stereocenters. The molecule has 3 heterocycles. The second kappa shape index (κ2) is 5.28. The molecule has 1 amide bonds. The minimum Gasteiger partial charge on any atom is -0.465 e. The van der Waals surface area contributed by atoms with Gasteiger partial charge in [-0.1, -0.05) is 0 Å². The molecular formula is C14H17N3O4S. The van der Waals surface area contributed by atoms with Gasteiger partial charge in [-0.2, -0.15) is 5.10 Å². The SMILES string of the molecule is Cc1cc(S(=O)(=O)NC(=O)c2cc3n(n2)CCCC3)c(C)o1. The van der Waals surface area contributed by atoms with Gasteiger partial charge in [0.05, 0.1) is 0 Å². The average molecular weight is 323 g/mol. The standard InChI is InChI=1S/C14H17N3O4S/c1-9-7-13(10(2)21-9)22(19,20)16-14(18)12-8-11-5-3-4-6-17(11)15-12/h7-8H,3-6H2,1-2H3,(H,16,18). The van der Waals surface area contributed by atoms with Gasteiger partial charge in [-0.15, -0.1) is 0 Å². The van der Waals surface area contributed by atoms with Crippen molar-refractivity contribution in [2.75, 3.05) is 0 Å². The summed E-state index contributed by atoms with van der Waals surface area (Å²) in [5, 5.41) is 4.17. The molecule has 2 aromatic heterocycles. The lowest BCUT2D eigenvalue weighted by molar-refractivity contribution is 0.0975. The molecule has 0 bridgehead atoms. The predicted molar refractivity (Wildman–Crippen MR) is 78.0 cm³/mol. The second-order valence-electron chi connectivity index (χ2n) is 5.41. The zero-order valence-electron chi connectivity index (χ0n) is 12.4. The molecule has 0 saturated carbocycles. The molecule has 0 radical (unpaired) electrons. The lowest BCUT2D eigenvalue weighted by Gasteiger charge is -2.11. The fourth-order valence-electron chi connectivity index (χ4n) is 2.63. The molecule has 0 unspecified atom stereocenters. The third kappa shape index (κ3) is 2.66. The number of nitrogens with zero attached hydrogens (tertiary/aromatic N) is 2. The van der Waals surface area contributed by atoms with Crippen molar-refractivity contribution in [1.82, 2.24) is 14.5 Å². The number of aryl methyl sites for hydroxylation is 4. The summed E-state index contributed by atoms with van der Waals surface area (Å²) < 4.78 is 33.5. The van der Waals surface area contributed by atoms with Crippen LogP contribution in [-0.2, 0) is 23.0 Å². The Morgan fingerprint density at radius 2 is 2.09 bits per heavy atom. The fraction of sp³-hybridized carbons (Fsp3) is 0.429. The fourth-order valence-corrected chi connectivity index (χ4v) is 3.83. The Balaban J connectivity index is 1.84. The third-order valence-corrected chi connectivity index (χ3v) is 5.10. The van der Waals surface area contributed by atoms with Crippen LogP contribution >= 0.6 is 0 Å². The predicted octanol–water partition coefficient (Wildman–Crippen LogP) is 1.55. The maximum atomic E-state index is 12.3. The molecular weight excluding hydrogens is 306 g/mol. The van der Waals surface area contributed by atoms with Gasteiger partial charge in [-0.25, -0.2) is 13.1 Å². The van der Waals surface area contributed by atoms with E-state index in [-0.39, 0.29) is 16.3 Å². The van der Waals surface area contributed by atoms with E-state index in [4.69, 9.17) is 4.42 Å². The van der Waals surface area contributed by atoms with Crippen molar-refractivity contribution in [2.24, 2.45) is 0 Å². The summed E-state index contributed by atoms with van der Waals surface area (Å²) >= 11 is 0. The van der Waals surface area contributed by atoms with Crippen LogP contribution in [0.1, 0.15) is 40.5 Å². The average Bonchev–Trinajstić information content (AvgIpc) is 3.01. The number of sulfonamides is 1. The monoisotopic (exact) mass is 323 g/mol. The second-order valence-corrected chi connectivity index (χ2v) is 7.06. The zero-order valence-corrected chi connectivity index (χ0v) is 13.2. The van der Waals surface area contributed by atoms with E-state index in [0.29, 0.717) is 5.76 Å². The highest BCUT2D eigenvalue weighted by atomic mass is 32.2. The van der Waals surface area contributed by atoms with E-state index >= 15 is 0 Å². The molecule has 0 aromatic carbocycles. The maximum absolute atomic E-state index is 12.3. The van der Waals surface area contributed by atoms with Crippen LogP contribution in [-0.4, -0.2) is 24.1 Å². The molecule has 0 spiro atoms. The van der Waals surface area contributed by atoms with E-state index in [0.717, 1.165) is 31.5 Å². The summed E-state index contributed by atoms with van der Waals surface area (Å²) in [7, 11) is -3.96. The number of amides is 1.